The van der Waals surface area contributed by atoms with Crippen molar-refractivity contribution < 1.29 is 28.6 Å². The Morgan fingerprint density at radius 2 is 0.780 bits per heavy atom. The summed E-state index contributed by atoms with van der Waals surface area (Å²) >= 11 is 0. The minimum Gasteiger partial charge on any atom is -0.462 e. The molecule has 0 aliphatic carbocycles. The van der Waals surface area contributed by atoms with Gasteiger partial charge < -0.3 is 14.2 Å². The molecule has 0 heterocycles. The van der Waals surface area contributed by atoms with Gasteiger partial charge in [-0.05, 0) is 57.8 Å². The second-order valence-corrected chi connectivity index (χ2v) is 13.5. The van der Waals surface area contributed by atoms with E-state index in [1.54, 1.807) is 0 Å². The number of rotatable bonds is 36. The summed E-state index contributed by atoms with van der Waals surface area (Å²) in [6, 6.07) is 0. The van der Waals surface area contributed by atoms with Crippen molar-refractivity contribution in [2.24, 2.45) is 0 Å². The SMILES string of the molecule is CC/C=C\C/C=C\C/C=C\C/C=C\CCCCCCCCCCC(=O)OCC(COC(=O)CCCCCCC)OC(=O)CCCCCCCC. The maximum atomic E-state index is 12.5. The molecule has 0 aliphatic rings. The second-order valence-electron chi connectivity index (χ2n) is 13.5. The monoisotopic (exact) mass is 701 g/mol. The van der Waals surface area contributed by atoms with Gasteiger partial charge in [-0.3, -0.25) is 14.4 Å². The highest BCUT2D eigenvalue weighted by Gasteiger charge is 2.19. The van der Waals surface area contributed by atoms with Crippen molar-refractivity contribution in [2.45, 2.75) is 200 Å². The van der Waals surface area contributed by atoms with Gasteiger partial charge in [0, 0.05) is 19.3 Å². The highest BCUT2D eigenvalue weighted by Crippen LogP contribution is 2.13. The van der Waals surface area contributed by atoms with E-state index in [9.17, 15) is 14.4 Å². The number of hydrogen-bond acceptors (Lipinski definition) is 6. The molecule has 50 heavy (non-hydrogen) atoms. The van der Waals surface area contributed by atoms with Crippen LogP contribution in [0.15, 0.2) is 48.6 Å². The first-order valence-electron chi connectivity index (χ1n) is 20.6. The summed E-state index contributed by atoms with van der Waals surface area (Å²) in [4.78, 5) is 37.1. The Hall–Kier alpha value is -2.63. The summed E-state index contributed by atoms with van der Waals surface area (Å²) in [7, 11) is 0. The second kappa shape index (κ2) is 39.2. The lowest BCUT2D eigenvalue weighted by molar-refractivity contribution is -0.167. The van der Waals surface area contributed by atoms with Gasteiger partial charge in [-0.1, -0.05) is 166 Å². The Kier molecular flexibility index (Phi) is 37.1. The predicted molar refractivity (Wildman–Crippen MR) is 210 cm³/mol. The molecule has 0 fully saturated rings. The Labute approximate surface area is 307 Å². The van der Waals surface area contributed by atoms with Crippen LogP contribution < -0.4 is 0 Å². The third-order valence-corrected chi connectivity index (χ3v) is 8.60. The fraction of sp³-hybridized carbons (Fsp3) is 0.750. The predicted octanol–water partition coefficient (Wildman–Crippen LogP) is 12.8. The highest BCUT2D eigenvalue weighted by molar-refractivity contribution is 5.71. The molecule has 0 rings (SSSR count). The first-order chi connectivity index (χ1) is 24.5. The summed E-state index contributed by atoms with van der Waals surface area (Å²) in [6.07, 6.45) is 44.3. The van der Waals surface area contributed by atoms with Gasteiger partial charge in [-0.2, -0.15) is 0 Å². The first kappa shape index (κ1) is 47.4. The van der Waals surface area contributed by atoms with E-state index in [1.165, 1.54) is 57.8 Å². The van der Waals surface area contributed by atoms with E-state index in [4.69, 9.17) is 14.2 Å². The van der Waals surface area contributed by atoms with Gasteiger partial charge in [0.1, 0.15) is 13.2 Å². The first-order valence-corrected chi connectivity index (χ1v) is 20.6. The summed E-state index contributed by atoms with van der Waals surface area (Å²) in [5.41, 5.74) is 0. The third-order valence-electron chi connectivity index (χ3n) is 8.60. The summed E-state index contributed by atoms with van der Waals surface area (Å²) in [6.45, 7) is 6.35. The Bertz CT molecular complexity index is 902. The zero-order valence-electron chi connectivity index (χ0n) is 32.7. The minimum absolute atomic E-state index is 0.0766. The minimum atomic E-state index is -0.765. The summed E-state index contributed by atoms with van der Waals surface area (Å²) in [5.74, 6) is -0.914. The normalized spacial score (nSPS) is 12.5. The fourth-order valence-electron chi connectivity index (χ4n) is 5.49. The number of carbonyl (C=O) groups excluding carboxylic acids is 3. The quantitative estimate of drug-likeness (QED) is 0.0280. The highest BCUT2D eigenvalue weighted by atomic mass is 16.6. The van der Waals surface area contributed by atoms with Crippen molar-refractivity contribution in [3.8, 4) is 0 Å². The van der Waals surface area contributed by atoms with Crippen molar-refractivity contribution in [1.29, 1.82) is 0 Å². The average molecular weight is 701 g/mol. The fourth-order valence-corrected chi connectivity index (χ4v) is 5.49. The average Bonchev–Trinajstić information content (AvgIpc) is 3.11. The molecule has 1 unspecified atom stereocenters. The Balaban J connectivity index is 4.08. The molecule has 0 radical (unpaired) electrons. The molecule has 0 aromatic rings. The Morgan fingerprint density at radius 3 is 1.22 bits per heavy atom. The third kappa shape index (κ3) is 36.6. The molecule has 6 heteroatoms. The van der Waals surface area contributed by atoms with E-state index in [0.717, 1.165) is 96.3 Å². The van der Waals surface area contributed by atoms with Crippen LogP contribution in [0.3, 0.4) is 0 Å². The molecule has 0 aromatic heterocycles. The molecular weight excluding hydrogens is 624 g/mol. The van der Waals surface area contributed by atoms with Crippen LogP contribution in [0.4, 0.5) is 0 Å². The van der Waals surface area contributed by atoms with Crippen molar-refractivity contribution in [3.63, 3.8) is 0 Å². The van der Waals surface area contributed by atoms with Gasteiger partial charge in [-0.25, -0.2) is 0 Å². The molecule has 0 saturated carbocycles. The van der Waals surface area contributed by atoms with Crippen LogP contribution >= 0.6 is 0 Å². The van der Waals surface area contributed by atoms with Crippen molar-refractivity contribution in [2.75, 3.05) is 13.2 Å². The standard InChI is InChI=1S/C44H76O6/c1-4-7-10-13-15-16-17-18-19-20-21-22-23-24-25-26-27-28-29-32-34-37-43(46)49-40-41(39-48-42(45)36-33-30-12-9-6-3)50-44(47)38-35-31-14-11-8-5-2/h7,10,15-16,18-19,21-22,41H,4-6,8-9,11-14,17,20,23-40H2,1-3H3/b10-7-,16-15-,19-18-,22-21-. The van der Waals surface area contributed by atoms with Crippen molar-refractivity contribution in [1.82, 2.24) is 0 Å². The number of hydrogen-bond donors (Lipinski definition) is 0. The number of esters is 3. The molecule has 0 N–H and O–H groups in total. The lowest BCUT2D eigenvalue weighted by Gasteiger charge is -2.18. The van der Waals surface area contributed by atoms with Crippen LogP contribution in [0, 0.1) is 0 Å². The van der Waals surface area contributed by atoms with E-state index in [1.807, 2.05) is 0 Å². The topological polar surface area (TPSA) is 78.9 Å². The van der Waals surface area contributed by atoms with E-state index in [0.29, 0.717) is 19.3 Å². The van der Waals surface area contributed by atoms with Crippen molar-refractivity contribution >= 4 is 17.9 Å². The molecule has 1 atom stereocenters. The maximum Gasteiger partial charge on any atom is 0.306 e. The van der Waals surface area contributed by atoms with Gasteiger partial charge in [0.15, 0.2) is 6.10 Å². The lowest BCUT2D eigenvalue weighted by Crippen LogP contribution is -2.30. The number of allylic oxidation sites excluding steroid dienone is 8. The number of ether oxygens (including phenoxy) is 3. The molecule has 0 bridgehead atoms. The maximum absolute atomic E-state index is 12.5. The Morgan fingerprint density at radius 1 is 0.420 bits per heavy atom. The molecule has 0 aliphatic heterocycles. The summed E-state index contributed by atoms with van der Waals surface area (Å²) in [5, 5.41) is 0. The zero-order chi connectivity index (χ0) is 36.6. The largest absolute Gasteiger partial charge is 0.462 e. The van der Waals surface area contributed by atoms with E-state index < -0.39 is 6.10 Å². The zero-order valence-corrected chi connectivity index (χ0v) is 32.7. The van der Waals surface area contributed by atoms with Crippen LogP contribution in [0.5, 0.6) is 0 Å². The molecule has 0 spiro atoms. The smallest absolute Gasteiger partial charge is 0.306 e. The van der Waals surface area contributed by atoms with Gasteiger partial charge in [0.2, 0.25) is 0 Å². The van der Waals surface area contributed by atoms with E-state index >= 15 is 0 Å². The molecule has 0 saturated heterocycles. The number of unbranched alkanes of at least 4 members (excludes halogenated alkanes) is 17. The molecular formula is C44H76O6. The lowest BCUT2D eigenvalue weighted by atomic mass is 10.1. The molecule has 0 amide bonds. The van der Waals surface area contributed by atoms with Gasteiger partial charge in [0.25, 0.3) is 0 Å². The van der Waals surface area contributed by atoms with Gasteiger partial charge >= 0.3 is 17.9 Å². The van der Waals surface area contributed by atoms with Crippen LogP contribution in [0.1, 0.15) is 194 Å². The number of carbonyl (C=O) groups is 3. The molecule has 288 valence electrons. The van der Waals surface area contributed by atoms with Crippen LogP contribution in [-0.4, -0.2) is 37.2 Å². The van der Waals surface area contributed by atoms with Crippen molar-refractivity contribution in [3.05, 3.63) is 48.6 Å². The summed E-state index contributed by atoms with van der Waals surface area (Å²) < 4.78 is 16.4. The van der Waals surface area contributed by atoms with Crippen LogP contribution in [0.2, 0.25) is 0 Å². The van der Waals surface area contributed by atoms with E-state index in [-0.39, 0.29) is 31.1 Å². The van der Waals surface area contributed by atoms with Gasteiger partial charge in [-0.15, -0.1) is 0 Å². The van der Waals surface area contributed by atoms with Crippen LogP contribution in [0.25, 0.3) is 0 Å². The van der Waals surface area contributed by atoms with E-state index in [2.05, 4.69) is 69.4 Å². The molecule has 6 nitrogen and oxygen atoms in total. The van der Waals surface area contributed by atoms with Crippen LogP contribution in [-0.2, 0) is 28.6 Å². The van der Waals surface area contributed by atoms with Gasteiger partial charge in [0.05, 0.1) is 0 Å². The molecule has 0 aromatic carbocycles.